The number of nitro benzene ring substituents is 1. The van der Waals surface area contributed by atoms with Crippen LogP contribution in [0, 0.1) is 21.4 Å². The monoisotopic (exact) mass is 435 g/mol. The van der Waals surface area contributed by atoms with Crippen LogP contribution in [0.5, 0.6) is 0 Å². The quantitative estimate of drug-likeness (QED) is 0.443. The van der Waals surface area contributed by atoms with Crippen LogP contribution in [-0.4, -0.2) is 46.9 Å². The van der Waals surface area contributed by atoms with Crippen molar-refractivity contribution in [3.8, 4) is 6.07 Å². The minimum atomic E-state index is -0.461. The average Bonchev–Trinajstić information content (AvgIpc) is 3.47. The van der Waals surface area contributed by atoms with Gasteiger partial charge in [-0.25, -0.2) is 0 Å². The van der Waals surface area contributed by atoms with Crippen molar-refractivity contribution < 1.29 is 14.1 Å². The standard InChI is InChI=1S/C21H17N5O4S/c22-14-17-21(25-10-8-24(9-11-25)20(27)18-5-2-12-31-18)30-19(23-17)7-6-15-3-1-4-16(13-15)26(28)29/h1-7,12-13H,8-11H2/b7-6+. The van der Waals surface area contributed by atoms with E-state index in [9.17, 15) is 20.2 Å². The van der Waals surface area contributed by atoms with Gasteiger partial charge in [0, 0.05) is 44.4 Å². The molecule has 1 saturated heterocycles. The second-order valence-electron chi connectivity index (χ2n) is 6.76. The van der Waals surface area contributed by atoms with Crippen molar-refractivity contribution in [2.45, 2.75) is 0 Å². The van der Waals surface area contributed by atoms with E-state index in [1.165, 1.54) is 23.5 Å². The lowest BCUT2D eigenvalue weighted by molar-refractivity contribution is -0.384. The van der Waals surface area contributed by atoms with E-state index in [2.05, 4.69) is 4.98 Å². The molecule has 1 aliphatic heterocycles. The molecule has 3 aromatic rings. The maximum atomic E-state index is 12.5. The molecule has 1 amide bonds. The summed E-state index contributed by atoms with van der Waals surface area (Å²) < 4.78 is 5.78. The summed E-state index contributed by atoms with van der Waals surface area (Å²) in [5.41, 5.74) is 0.771. The Morgan fingerprint density at radius 3 is 2.71 bits per heavy atom. The maximum absolute atomic E-state index is 12.5. The third-order valence-electron chi connectivity index (χ3n) is 4.82. The number of non-ortho nitro benzene ring substituents is 1. The molecular formula is C21H17N5O4S. The fraction of sp³-hybridized carbons (Fsp3) is 0.190. The summed E-state index contributed by atoms with van der Waals surface area (Å²) in [6.07, 6.45) is 3.21. The van der Waals surface area contributed by atoms with E-state index in [0.717, 1.165) is 0 Å². The second kappa shape index (κ2) is 8.81. The lowest BCUT2D eigenvalue weighted by Gasteiger charge is -2.34. The molecule has 0 atom stereocenters. The van der Waals surface area contributed by atoms with Gasteiger partial charge in [0.05, 0.1) is 9.80 Å². The van der Waals surface area contributed by atoms with Crippen molar-refractivity contribution in [2.75, 3.05) is 31.1 Å². The first-order valence-electron chi connectivity index (χ1n) is 9.46. The van der Waals surface area contributed by atoms with E-state index in [1.807, 2.05) is 28.5 Å². The zero-order chi connectivity index (χ0) is 21.8. The Morgan fingerprint density at radius 2 is 2.03 bits per heavy atom. The molecule has 1 aromatic carbocycles. The minimum absolute atomic E-state index is 0.00769. The van der Waals surface area contributed by atoms with Crippen molar-refractivity contribution in [3.05, 3.63) is 73.9 Å². The third kappa shape index (κ3) is 4.46. The number of hydrogen-bond acceptors (Lipinski definition) is 8. The smallest absolute Gasteiger partial charge is 0.270 e. The van der Waals surface area contributed by atoms with E-state index in [1.54, 1.807) is 29.2 Å². The van der Waals surface area contributed by atoms with Crippen LogP contribution in [0.2, 0.25) is 0 Å². The number of rotatable bonds is 5. The summed E-state index contributed by atoms with van der Waals surface area (Å²) in [5.74, 6) is 0.605. The number of piperazine rings is 1. The number of nitro groups is 1. The summed E-state index contributed by atoms with van der Waals surface area (Å²) in [5, 5.41) is 22.2. The predicted molar refractivity (Wildman–Crippen MR) is 116 cm³/mol. The number of oxazole rings is 1. The molecule has 0 radical (unpaired) electrons. The highest BCUT2D eigenvalue weighted by molar-refractivity contribution is 7.12. The first kappa shape index (κ1) is 20.3. The van der Waals surface area contributed by atoms with E-state index < -0.39 is 4.92 Å². The van der Waals surface area contributed by atoms with Gasteiger partial charge in [-0.1, -0.05) is 18.2 Å². The molecule has 10 heteroatoms. The molecule has 4 rings (SSSR count). The molecule has 0 aliphatic carbocycles. The van der Waals surface area contributed by atoms with Crippen LogP contribution in [0.15, 0.2) is 46.2 Å². The number of thiophene rings is 1. The number of carbonyl (C=O) groups is 1. The SMILES string of the molecule is N#Cc1nc(/C=C/c2cccc([N+](=O)[O-])c2)oc1N1CCN(C(=O)c2cccs2)CC1. The predicted octanol–water partition coefficient (Wildman–Crippen LogP) is 3.65. The van der Waals surface area contributed by atoms with Crippen LogP contribution >= 0.6 is 11.3 Å². The molecular weight excluding hydrogens is 418 g/mol. The van der Waals surface area contributed by atoms with Gasteiger partial charge in [-0.2, -0.15) is 10.2 Å². The van der Waals surface area contributed by atoms with Gasteiger partial charge in [0.1, 0.15) is 6.07 Å². The molecule has 9 nitrogen and oxygen atoms in total. The normalized spacial score (nSPS) is 14.0. The Balaban J connectivity index is 1.46. The summed E-state index contributed by atoms with van der Waals surface area (Å²) in [6.45, 7) is 2.08. The number of nitriles is 1. The average molecular weight is 435 g/mol. The second-order valence-corrected chi connectivity index (χ2v) is 7.71. The number of aromatic nitrogens is 1. The Hall–Kier alpha value is -3.97. The van der Waals surface area contributed by atoms with Crippen LogP contribution < -0.4 is 4.90 Å². The summed E-state index contributed by atoms with van der Waals surface area (Å²) >= 11 is 1.42. The van der Waals surface area contributed by atoms with Crippen molar-refractivity contribution >= 4 is 41.0 Å². The van der Waals surface area contributed by atoms with E-state index >= 15 is 0 Å². The Bertz CT molecular complexity index is 1170. The number of carbonyl (C=O) groups excluding carboxylic acids is 1. The highest BCUT2D eigenvalue weighted by atomic mass is 32.1. The highest BCUT2D eigenvalue weighted by Gasteiger charge is 2.26. The van der Waals surface area contributed by atoms with E-state index in [4.69, 9.17) is 4.42 Å². The minimum Gasteiger partial charge on any atom is -0.420 e. The van der Waals surface area contributed by atoms with E-state index in [-0.39, 0.29) is 23.2 Å². The van der Waals surface area contributed by atoms with Crippen LogP contribution in [-0.2, 0) is 0 Å². The van der Waals surface area contributed by atoms with Crippen LogP contribution in [0.25, 0.3) is 12.2 Å². The molecule has 2 aromatic heterocycles. The lowest BCUT2D eigenvalue weighted by Crippen LogP contribution is -2.48. The fourth-order valence-corrected chi connectivity index (χ4v) is 3.96. The fourth-order valence-electron chi connectivity index (χ4n) is 3.26. The Kier molecular flexibility index (Phi) is 5.77. The zero-order valence-electron chi connectivity index (χ0n) is 16.3. The number of nitrogens with zero attached hydrogens (tertiary/aromatic N) is 5. The summed E-state index contributed by atoms with van der Waals surface area (Å²) in [6, 6.07) is 11.9. The molecule has 1 fully saturated rings. The van der Waals surface area contributed by atoms with Crippen LogP contribution in [0.3, 0.4) is 0 Å². The van der Waals surface area contributed by atoms with Gasteiger partial charge < -0.3 is 14.2 Å². The molecule has 0 saturated carbocycles. The Labute approximate surface area is 181 Å². The van der Waals surface area contributed by atoms with Crippen molar-refractivity contribution in [2.24, 2.45) is 0 Å². The summed E-state index contributed by atoms with van der Waals surface area (Å²) in [7, 11) is 0. The maximum Gasteiger partial charge on any atom is 0.270 e. The van der Waals surface area contributed by atoms with Gasteiger partial charge in [0.15, 0.2) is 0 Å². The molecule has 0 bridgehead atoms. The van der Waals surface area contributed by atoms with Crippen molar-refractivity contribution in [1.29, 1.82) is 5.26 Å². The van der Waals surface area contributed by atoms with Gasteiger partial charge in [0.25, 0.3) is 11.6 Å². The van der Waals surface area contributed by atoms with Crippen molar-refractivity contribution in [1.82, 2.24) is 9.88 Å². The van der Waals surface area contributed by atoms with Gasteiger partial charge in [-0.05, 0) is 23.1 Å². The molecule has 1 aliphatic rings. The van der Waals surface area contributed by atoms with Crippen molar-refractivity contribution in [3.63, 3.8) is 0 Å². The zero-order valence-corrected chi connectivity index (χ0v) is 17.1. The molecule has 0 spiro atoms. The number of benzene rings is 1. The molecule has 31 heavy (non-hydrogen) atoms. The topological polar surface area (TPSA) is 117 Å². The van der Waals surface area contributed by atoms with E-state index in [0.29, 0.717) is 42.5 Å². The molecule has 0 N–H and O–H groups in total. The van der Waals surface area contributed by atoms with Gasteiger partial charge in [-0.15, -0.1) is 11.3 Å². The van der Waals surface area contributed by atoms with Crippen LogP contribution in [0.1, 0.15) is 26.8 Å². The molecule has 0 unspecified atom stereocenters. The van der Waals surface area contributed by atoms with Gasteiger partial charge >= 0.3 is 0 Å². The molecule has 3 heterocycles. The van der Waals surface area contributed by atoms with Gasteiger partial charge in [0.2, 0.25) is 17.5 Å². The number of amides is 1. The summed E-state index contributed by atoms with van der Waals surface area (Å²) in [4.78, 5) is 31.5. The first-order valence-corrected chi connectivity index (χ1v) is 10.3. The lowest BCUT2D eigenvalue weighted by atomic mass is 10.2. The highest BCUT2D eigenvalue weighted by Crippen LogP contribution is 2.25. The first-order chi connectivity index (χ1) is 15.0. The number of hydrogen-bond donors (Lipinski definition) is 0. The van der Waals surface area contributed by atoms with Crippen LogP contribution in [0.4, 0.5) is 11.6 Å². The molecule has 156 valence electrons. The Morgan fingerprint density at radius 1 is 1.23 bits per heavy atom. The largest absolute Gasteiger partial charge is 0.420 e. The number of anilines is 1. The van der Waals surface area contributed by atoms with Gasteiger partial charge in [-0.3, -0.25) is 14.9 Å². The third-order valence-corrected chi connectivity index (χ3v) is 5.68.